The molecule has 0 saturated carbocycles. The summed E-state index contributed by atoms with van der Waals surface area (Å²) in [5.41, 5.74) is 0.225. The van der Waals surface area contributed by atoms with Crippen molar-refractivity contribution in [2.75, 3.05) is 6.54 Å². The molecule has 5 nitrogen and oxygen atoms in total. The Morgan fingerprint density at radius 3 is 2.69 bits per heavy atom. The maximum absolute atomic E-state index is 14.0. The van der Waals surface area contributed by atoms with Gasteiger partial charge in [0, 0.05) is 6.54 Å². The van der Waals surface area contributed by atoms with Gasteiger partial charge in [0.25, 0.3) is 0 Å². The van der Waals surface area contributed by atoms with Crippen LogP contribution in [-0.2, 0) is 11.3 Å². The second-order valence-electron chi connectivity index (χ2n) is 5.28. The summed E-state index contributed by atoms with van der Waals surface area (Å²) in [4.78, 5) is 11.8. The number of benzene rings is 1. The lowest BCUT2D eigenvalue weighted by atomic mass is 10.2. The Balaban J connectivity index is 2.21. The molecular weight excluding hydrogens is 372 g/mol. The van der Waals surface area contributed by atoms with Crippen molar-refractivity contribution in [3.8, 4) is 11.4 Å². The lowest BCUT2D eigenvalue weighted by molar-refractivity contribution is -0.137. The van der Waals surface area contributed by atoms with Gasteiger partial charge in [0.1, 0.15) is 12.4 Å². The maximum atomic E-state index is 14.0. The van der Waals surface area contributed by atoms with Crippen LogP contribution in [-0.4, -0.2) is 38.6 Å². The number of carbonyl (C=O) groups is 1. The summed E-state index contributed by atoms with van der Waals surface area (Å²) in [6, 6.07) is 6.00. The van der Waals surface area contributed by atoms with Crippen LogP contribution in [0.15, 0.2) is 42.1 Å². The number of alkyl halides is 3. The quantitative estimate of drug-likeness (QED) is 0.449. The van der Waals surface area contributed by atoms with Crippen molar-refractivity contribution >= 4 is 17.7 Å². The standard InChI is InChI=1S/C16H16F4N4OS/c1-3-8-24-13(11-6-4-5-7-12(11)17)22-23-15(24)26-10(2)14(25)21-9-16(18,19)20/h3-7,10H,1,8-9H2,2H3,(H,21,25). The minimum Gasteiger partial charge on any atom is -0.346 e. The first kappa shape index (κ1) is 20.0. The molecule has 1 atom stereocenters. The Labute approximate surface area is 151 Å². The fraction of sp³-hybridized carbons (Fsp3) is 0.312. The molecule has 2 aromatic rings. The lowest BCUT2D eigenvalue weighted by Crippen LogP contribution is -2.38. The van der Waals surface area contributed by atoms with Gasteiger partial charge in [-0.1, -0.05) is 30.0 Å². The third-order valence-electron chi connectivity index (χ3n) is 3.26. The number of allylic oxidation sites excluding steroid dienone is 1. The van der Waals surface area contributed by atoms with E-state index < -0.39 is 29.7 Å². The summed E-state index contributed by atoms with van der Waals surface area (Å²) in [6.45, 7) is 3.91. The molecule has 1 amide bonds. The lowest BCUT2D eigenvalue weighted by Gasteiger charge is -2.14. The van der Waals surface area contributed by atoms with Gasteiger partial charge in [-0.15, -0.1) is 16.8 Å². The third kappa shape index (κ3) is 5.07. The van der Waals surface area contributed by atoms with Crippen LogP contribution in [0.3, 0.4) is 0 Å². The van der Waals surface area contributed by atoms with Crippen LogP contribution < -0.4 is 5.32 Å². The molecule has 0 aliphatic heterocycles. The van der Waals surface area contributed by atoms with Gasteiger partial charge < -0.3 is 5.32 Å². The van der Waals surface area contributed by atoms with E-state index in [1.165, 1.54) is 25.1 Å². The molecule has 0 radical (unpaired) electrons. The van der Waals surface area contributed by atoms with E-state index in [1.807, 2.05) is 5.32 Å². The molecule has 10 heteroatoms. The van der Waals surface area contributed by atoms with Gasteiger partial charge in [-0.25, -0.2) is 4.39 Å². The number of aromatic nitrogens is 3. The molecule has 0 aliphatic carbocycles. The van der Waals surface area contributed by atoms with Crippen molar-refractivity contribution in [3.63, 3.8) is 0 Å². The third-order valence-corrected chi connectivity index (χ3v) is 4.34. The number of nitrogens with one attached hydrogen (secondary N) is 1. The van der Waals surface area contributed by atoms with Gasteiger partial charge >= 0.3 is 6.18 Å². The zero-order valence-electron chi connectivity index (χ0n) is 13.8. The van der Waals surface area contributed by atoms with Gasteiger partial charge in [-0.2, -0.15) is 13.2 Å². The summed E-state index contributed by atoms with van der Waals surface area (Å²) in [7, 11) is 0. The average molecular weight is 388 g/mol. The Hall–Kier alpha value is -2.36. The molecule has 0 saturated heterocycles. The highest BCUT2D eigenvalue weighted by Gasteiger charge is 2.29. The van der Waals surface area contributed by atoms with Gasteiger partial charge in [0.15, 0.2) is 11.0 Å². The molecule has 140 valence electrons. The van der Waals surface area contributed by atoms with E-state index in [2.05, 4.69) is 16.8 Å². The van der Waals surface area contributed by atoms with Crippen LogP contribution in [0.25, 0.3) is 11.4 Å². The summed E-state index contributed by atoms with van der Waals surface area (Å²) < 4.78 is 52.2. The van der Waals surface area contributed by atoms with Crippen LogP contribution >= 0.6 is 11.8 Å². The number of hydrogen-bond acceptors (Lipinski definition) is 4. The van der Waals surface area contributed by atoms with Crippen molar-refractivity contribution in [1.82, 2.24) is 20.1 Å². The molecule has 1 N–H and O–H groups in total. The highest BCUT2D eigenvalue weighted by molar-refractivity contribution is 8.00. The smallest absolute Gasteiger partial charge is 0.346 e. The maximum Gasteiger partial charge on any atom is 0.405 e. The molecule has 0 spiro atoms. The molecule has 0 aliphatic rings. The summed E-state index contributed by atoms with van der Waals surface area (Å²) in [5, 5.41) is 9.15. The fourth-order valence-electron chi connectivity index (χ4n) is 2.05. The van der Waals surface area contributed by atoms with Crippen LogP contribution in [0.4, 0.5) is 17.6 Å². The first-order valence-corrected chi connectivity index (χ1v) is 8.41. The number of halogens is 4. The minimum atomic E-state index is -4.49. The van der Waals surface area contributed by atoms with E-state index in [-0.39, 0.29) is 23.1 Å². The van der Waals surface area contributed by atoms with Crippen LogP contribution in [0.2, 0.25) is 0 Å². The minimum absolute atomic E-state index is 0.225. The zero-order chi connectivity index (χ0) is 19.3. The van der Waals surface area contributed by atoms with Crippen molar-refractivity contribution < 1.29 is 22.4 Å². The predicted octanol–water partition coefficient (Wildman–Crippen LogP) is 3.43. The molecule has 0 fully saturated rings. The van der Waals surface area contributed by atoms with Crippen molar-refractivity contribution in [3.05, 3.63) is 42.7 Å². The largest absolute Gasteiger partial charge is 0.405 e. The highest BCUT2D eigenvalue weighted by atomic mass is 32.2. The highest BCUT2D eigenvalue weighted by Crippen LogP contribution is 2.28. The molecule has 2 rings (SSSR count). The molecule has 1 unspecified atom stereocenters. The Kier molecular flexibility index (Phi) is 6.41. The summed E-state index contributed by atoms with van der Waals surface area (Å²) in [5.74, 6) is -1.03. The molecule has 26 heavy (non-hydrogen) atoms. The number of amides is 1. The van der Waals surface area contributed by atoms with Crippen molar-refractivity contribution in [1.29, 1.82) is 0 Å². The topological polar surface area (TPSA) is 59.8 Å². The van der Waals surface area contributed by atoms with E-state index >= 15 is 0 Å². The first-order valence-electron chi connectivity index (χ1n) is 7.53. The van der Waals surface area contributed by atoms with E-state index in [0.717, 1.165) is 11.8 Å². The summed E-state index contributed by atoms with van der Waals surface area (Å²) in [6.07, 6.45) is -2.94. The van der Waals surface area contributed by atoms with Gasteiger partial charge in [0.2, 0.25) is 5.91 Å². The van der Waals surface area contributed by atoms with Crippen molar-refractivity contribution in [2.45, 2.75) is 30.1 Å². The second-order valence-corrected chi connectivity index (χ2v) is 6.59. The van der Waals surface area contributed by atoms with Crippen LogP contribution in [0, 0.1) is 5.82 Å². The van der Waals surface area contributed by atoms with Gasteiger partial charge in [-0.3, -0.25) is 9.36 Å². The molecular formula is C16H16F4N4OS. The van der Waals surface area contributed by atoms with Crippen LogP contribution in [0.5, 0.6) is 0 Å². The SMILES string of the molecule is C=CCn1c(SC(C)C(=O)NCC(F)(F)F)nnc1-c1ccccc1F. The normalized spacial score (nSPS) is 12.7. The average Bonchev–Trinajstić information content (AvgIpc) is 2.95. The number of nitrogens with zero attached hydrogens (tertiary/aromatic N) is 3. The molecule has 0 bridgehead atoms. The number of carbonyl (C=O) groups excluding carboxylic acids is 1. The number of hydrogen-bond donors (Lipinski definition) is 1. The summed E-state index contributed by atoms with van der Waals surface area (Å²) >= 11 is 0.930. The van der Waals surface area contributed by atoms with Gasteiger partial charge in [0.05, 0.1) is 10.8 Å². The van der Waals surface area contributed by atoms with E-state index in [4.69, 9.17) is 0 Å². The molecule has 1 aromatic carbocycles. The number of rotatable bonds is 7. The van der Waals surface area contributed by atoms with Crippen LogP contribution in [0.1, 0.15) is 6.92 Å². The van der Waals surface area contributed by atoms with E-state index in [9.17, 15) is 22.4 Å². The fourth-order valence-corrected chi connectivity index (χ4v) is 2.94. The Bertz CT molecular complexity index is 791. The van der Waals surface area contributed by atoms with Crippen molar-refractivity contribution in [2.24, 2.45) is 0 Å². The zero-order valence-corrected chi connectivity index (χ0v) is 14.6. The van der Waals surface area contributed by atoms with E-state index in [1.54, 1.807) is 16.7 Å². The Morgan fingerprint density at radius 2 is 2.08 bits per heavy atom. The molecule has 1 aromatic heterocycles. The first-order chi connectivity index (χ1) is 12.2. The monoisotopic (exact) mass is 388 g/mol. The Morgan fingerprint density at radius 1 is 1.38 bits per heavy atom. The predicted molar refractivity (Wildman–Crippen MR) is 90.0 cm³/mol. The second kappa shape index (κ2) is 8.35. The number of thioether (sulfide) groups is 1. The van der Waals surface area contributed by atoms with E-state index in [0.29, 0.717) is 0 Å². The van der Waals surface area contributed by atoms with Gasteiger partial charge in [-0.05, 0) is 19.1 Å². The molecule has 1 heterocycles.